The summed E-state index contributed by atoms with van der Waals surface area (Å²) in [5, 5.41) is 3.44. The summed E-state index contributed by atoms with van der Waals surface area (Å²) in [6.07, 6.45) is 3.00. The number of nitrogens with zero attached hydrogens (tertiary/aromatic N) is 2. The first kappa shape index (κ1) is 16.9. The molecule has 1 heterocycles. The maximum absolute atomic E-state index is 5.22. The highest BCUT2D eigenvalue weighted by atomic mass is 16.5. The average molecular weight is 279 g/mol. The first-order valence-corrected chi connectivity index (χ1v) is 7.58. The van der Waals surface area contributed by atoms with Gasteiger partial charge in [0.1, 0.15) is 5.82 Å². The Morgan fingerprint density at radius 3 is 2.70 bits per heavy atom. The van der Waals surface area contributed by atoms with Gasteiger partial charge in [-0.15, -0.1) is 0 Å². The van der Waals surface area contributed by atoms with E-state index in [0.29, 0.717) is 12.1 Å². The van der Waals surface area contributed by atoms with Gasteiger partial charge in [-0.25, -0.2) is 4.98 Å². The second-order valence-electron chi connectivity index (χ2n) is 5.17. The van der Waals surface area contributed by atoms with E-state index in [1.54, 1.807) is 7.11 Å². The van der Waals surface area contributed by atoms with Crippen LogP contribution in [0.3, 0.4) is 0 Å². The van der Waals surface area contributed by atoms with Crippen LogP contribution < -0.4 is 10.2 Å². The molecular weight excluding hydrogens is 250 g/mol. The van der Waals surface area contributed by atoms with Crippen LogP contribution in [0.1, 0.15) is 45.7 Å². The molecule has 0 aromatic carbocycles. The largest absolute Gasteiger partial charge is 0.383 e. The number of aromatic nitrogens is 1. The van der Waals surface area contributed by atoms with Crippen molar-refractivity contribution < 1.29 is 4.74 Å². The lowest BCUT2D eigenvalue weighted by molar-refractivity contribution is 0.203. The molecule has 1 rings (SSSR count). The van der Waals surface area contributed by atoms with Gasteiger partial charge in [-0.2, -0.15) is 0 Å². The Bertz CT molecular complexity index is 384. The monoisotopic (exact) mass is 279 g/mol. The van der Waals surface area contributed by atoms with E-state index in [9.17, 15) is 0 Å². The molecule has 0 aliphatic carbocycles. The van der Waals surface area contributed by atoms with E-state index in [2.05, 4.69) is 55.0 Å². The molecule has 0 aliphatic heterocycles. The minimum absolute atomic E-state index is 0.350. The van der Waals surface area contributed by atoms with Gasteiger partial charge in [-0.1, -0.05) is 13.8 Å². The van der Waals surface area contributed by atoms with Crippen LogP contribution in [0.15, 0.2) is 18.3 Å². The van der Waals surface area contributed by atoms with E-state index >= 15 is 0 Å². The van der Waals surface area contributed by atoms with Crippen molar-refractivity contribution in [2.75, 3.05) is 31.7 Å². The van der Waals surface area contributed by atoms with Gasteiger partial charge in [0.05, 0.1) is 6.61 Å². The maximum atomic E-state index is 5.22. The number of hydrogen-bond acceptors (Lipinski definition) is 4. The van der Waals surface area contributed by atoms with Crippen LogP contribution in [0.4, 0.5) is 5.82 Å². The van der Waals surface area contributed by atoms with Gasteiger partial charge in [0.15, 0.2) is 0 Å². The van der Waals surface area contributed by atoms with Crippen molar-refractivity contribution in [1.82, 2.24) is 10.3 Å². The lowest BCUT2D eigenvalue weighted by Gasteiger charge is -2.30. The van der Waals surface area contributed by atoms with Gasteiger partial charge in [-0.05, 0) is 44.5 Å². The SMILES string of the molecule is CCNC(C)c1ccnc(N(CCOC)C(C)CC)c1. The van der Waals surface area contributed by atoms with Gasteiger partial charge in [0.25, 0.3) is 0 Å². The molecule has 4 nitrogen and oxygen atoms in total. The van der Waals surface area contributed by atoms with E-state index in [1.807, 2.05) is 6.20 Å². The van der Waals surface area contributed by atoms with E-state index < -0.39 is 0 Å². The van der Waals surface area contributed by atoms with Crippen LogP contribution in [0.25, 0.3) is 0 Å². The number of pyridine rings is 1. The molecule has 114 valence electrons. The maximum Gasteiger partial charge on any atom is 0.129 e. The molecule has 2 atom stereocenters. The summed E-state index contributed by atoms with van der Waals surface area (Å²) in [6, 6.07) is 5.09. The van der Waals surface area contributed by atoms with Gasteiger partial charge in [-0.3, -0.25) is 0 Å². The lowest BCUT2D eigenvalue weighted by Crippen LogP contribution is -2.36. The van der Waals surface area contributed by atoms with Crippen LogP contribution in [-0.4, -0.2) is 37.8 Å². The molecule has 1 aromatic heterocycles. The summed E-state index contributed by atoms with van der Waals surface area (Å²) >= 11 is 0. The zero-order valence-corrected chi connectivity index (χ0v) is 13.5. The summed E-state index contributed by atoms with van der Waals surface area (Å²) in [7, 11) is 1.74. The van der Waals surface area contributed by atoms with E-state index in [0.717, 1.165) is 31.9 Å². The molecule has 0 saturated heterocycles. The third kappa shape index (κ3) is 4.76. The highest BCUT2D eigenvalue weighted by Gasteiger charge is 2.15. The fourth-order valence-corrected chi connectivity index (χ4v) is 2.26. The lowest BCUT2D eigenvalue weighted by atomic mass is 10.1. The molecule has 4 heteroatoms. The Hall–Kier alpha value is -1.13. The third-order valence-corrected chi connectivity index (χ3v) is 3.73. The fourth-order valence-electron chi connectivity index (χ4n) is 2.26. The first-order valence-electron chi connectivity index (χ1n) is 7.58. The zero-order chi connectivity index (χ0) is 15.0. The summed E-state index contributed by atoms with van der Waals surface area (Å²) < 4.78 is 5.22. The zero-order valence-electron chi connectivity index (χ0n) is 13.5. The van der Waals surface area contributed by atoms with Crippen molar-refractivity contribution in [1.29, 1.82) is 0 Å². The normalized spacial score (nSPS) is 14.1. The minimum atomic E-state index is 0.350. The van der Waals surface area contributed by atoms with Crippen LogP contribution in [-0.2, 0) is 4.74 Å². The van der Waals surface area contributed by atoms with E-state index in [-0.39, 0.29) is 0 Å². The van der Waals surface area contributed by atoms with Crippen LogP contribution in [0.2, 0.25) is 0 Å². The Balaban J connectivity index is 2.92. The Kier molecular flexibility index (Phi) is 7.55. The van der Waals surface area contributed by atoms with Crippen molar-refractivity contribution >= 4 is 5.82 Å². The molecule has 20 heavy (non-hydrogen) atoms. The topological polar surface area (TPSA) is 37.4 Å². The summed E-state index contributed by atoms with van der Waals surface area (Å²) in [5.41, 5.74) is 1.28. The fraction of sp³-hybridized carbons (Fsp3) is 0.688. The molecule has 0 aliphatic rings. The molecule has 0 radical (unpaired) electrons. The molecule has 0 bridgehead atoms. The highest BCUT2D eigenvalue weighted by molar-refractivity contribution is 5.42. The van der Waals surface area contributed by atoms with Gasteiger partial charge in [0.2, 0.25) is 0 Å². The molecule has 0 saturated carbocycles. The van der Waals surface area contributed by atoms with Gasteiger partial charge >= 0.3 is 0 Å². The van der Waals surface area contributed by atoms with Crippen molar-refractivity contribution in [3.8, 4) is 0 Å². The van der Waals surface area contributed by atoms with Crippen LogP contribution >= 0.6 is 0 Å². The number of nitrogens with one attached hydrogen (secondary N) is 1. The molecule has 0 amide bonds. The minimum Gasteiger partial charge on any atom is -0.383 e. The number of anilines is 1. The highest BCUT2D eigenvalue weighted by Crippen LogP contribution is 2.20. The molecule has 1 aromatic rings. The third-order valence-electron chi connectivity index (χ3n) is 3.73. The summed E-state index contributed by atoms with van der Waals surface area (Å²) in [4.78, 5) is 6.87. The molecule has 0 fully saturated rings. The van der Waals surface area contributed by atoms with E-state index in [1.165, 1.54) is 5.56 Å². The second-order valence-corrected chi connectivity index (χ2v) is 5.17. The summed E-state index contributed by atoms with van der Waals surface area (Å²) in [6.45, 7) is 11.3. The van der Waals surface area contributed by atoms with Crippen molar-refractivity contribution in [3.05, 3.63) is 23.9 Å². The molecule has 2 unspecified atom stereocenters. The number of hydrogen-bond donors (Lipinski definition) is 1. The predicted octanol–water partition coefficient (Wildman–Crippen LogP) is 3.00. The standard InChI is InChI=1S/C16H29N3O/c1-6-13(3)19(10-11-20-5)16-12-15(8-9-18-16)14(4)17-7-2/h8-9,12-14,17H,6-7,10-11H2,1-5H3. The predicted molar refractivity (Wildman–Crippen MR) is 85.3 cm³/mol. The van der Waals surface area contributed by atoms with Crippen molar-refractivity contribution in [3.63, 3.8) is 0 Å². The van der Waals surface area contributed by atoms with E-state index in [4.69, 9.17) is 4.74 Å². The first-order chi connectivity index (χ1) is 9.63. The Morgan fingerprint density at radius 2 is 2.10 bits per heavy atom. The van der Waals surface area contributed by atoms with Crippen molar-refractivity contribution in [2.45, 2.75) is 46.2 Å². The van der Waals surface area contributed by atoms with Gasteiger partial charge in [0, 0.05) is 31.9 Å². The van der Waals surface area contributed by atoms with Crippen molar-refractivity contribution in [2.24, 2.45) is 0 Å². The quantitative estimate of drug-likeness (QED) is 0.754. The smallest absolute Gasteiger partial charge is 0.129 e. The number of methoxy groups -OCH3 is 1. The molecule has 0 spiro atoms. The number of ether oxygens (including phenoxy) is 1. The molecule has 1 N–H and O–H groups in total. The van der Waals surface area contributed by atoms with Crippen LogP contribution in [0, 0.1) is 0 Å². The number of rotatable bonds is 9. The Labute approximate surface area is 123 Å². The second kappa shape index (κ2) is 8.93. The summed E-state index contributed by atoms with van der Waals surface area (Å²) in [5.74, 6) is 1.04. The van der Waals surface area contributed by atoms with Crippen LogP contribution in [0.5, 0.6) is 0 Å². The van der Waals surface area contributed by atoms with Gasteiger partial charge < -0.3 is 15.0 Å². The Morgan fingerprint density at radius 1 is 1.35 bits per heavy atom. The molecular formula is C16H29N3O. The average Bonchev–Trinajstić information content (AvgIpc) is 2.48.